The van der Waals surface area contributed by atoms with Crippen molar-refractivity contribution >= 4 is 5.91 Å². The molecule has 5 heteroatoms. The summed E-state index contributed by atoms with van der Waals surface area (Å²) in [5, 5.41) is 5.92. The standard InChI is InChI=1S/C20H24N2O3/c1-3-12-24-19-7-5-4-6-17(19)14-22-13-16-8-10-18(11-9-16)25-15-20(23)21-2/h3-11,22H,1,12-15H2,2H3,(H,21,23). The van der Waals surface area contributed by atoms with Gasteiger partial charge in [-0.2, -0.15) is 0 Å². The molecule has 0 aliphatic heterocycles. The van der Waals surface area contributed by atoms with Crippen LogP contribution in [0.3, 0.4) is 0 Å². The van der Waals surface area contributed by atoms with Gasteiger partial charge in [0.25, 0.3) is 5.91 Å². The van der Waals surface area contributed by atoms with Gasteiger partial charge in [-0.15, -0.1) is 0 Å². The van der Waals surface area contributed by atoms with Crippen LogP contribution in [0.5, 0.6) is 11.5 Å². The van der Waals surface area contributed by atoms with E-state index in [4.69, 9.17) is 9.47 Å². The van der Waals surface area contributed by atoms with Crippen LogP contribution >= 0.6 is 0 Å². The Labute approximate surface area is 148 Å². The molecular weight excluding hydrogens is 316 g/mol. The molecule has 0 bridgehead atoms. The van der Waals surface area contributed by atoms with Gasteiger partial charge in [-0.3, -0.25) is 4.79 Å². The van der Waals surface area contributed by atoms with Gasteiger partial charge in [0, 0.05) is 25.7 Å². The van der Waals surface area contributed by atoms with Gasteiger partial charge < -0.3 is 20.1 Å². The molecule has 2 aromatic carbocycles. The second-order valence-corrected chi connectivity index (χ2v) is 5.42. The van der Waals surface area contributed by atoms with E-state index in [1.54, 1.807) is 13.1 Å². The fraction of sp³-hybridized carbons (Fsp3) is 0.250. The number of likely N-dealkylation sites (N-methyl/N-ethyl adjacent to an activating group) is 1. The minimum absolute atomic E-state index is 0.0234. The second kappa shape index (κ2) is 10.2. The number of hydrogen-bond donors (Lipinski definition) is 2. The molecule has 0 fully saturated rings. The van der Waals surface area contributed by atoms with Crippen molar-refractivity contribution in [3.63, 3.8) is 0 Å². The maximum atomic E-state index is 11.2. The van der Waals surface area contributed by atoms with E-state index in [1.807, 2.05) is 48.5 Å². The molecule has 132 valence electrons. The van der Waals surface area contributed by atoms with E-state index in [2.05, 4.69) is 17.2 Å². The van der Waals surface area contributed by atoms with Crippen LogP contribution in [0.2, 0.25) is 0 Å². The molecule has 0 spiro atoms. The highest BCUT2D eigenvalue weighted by Gasteiger charge is 2.03. The predicted octanol–water partition coefficient (Wildman–Crippen LogP) is 2.67. The van der Waals surface area contributed by atoms with Gasteiger partial charge in [0.15, 0.2) is 6.61 Å². The fourth-order valence-electron chi connectivity index (χ4n) is 2.21. The summed E-state index contributed by atoms with van der Waals surface area (Å²) in [4.78, 5) is 11.2. The van der Waals surface area contributed by atoms with Gasteiger partial charge in [-0.25, -0.2) is 0 Å². The van der Waals surface area contributed by atoms with Gasteiger partial charge in [0.2, 0.25) is 0 Å². The molecule has 0 aliphatic carbocycles. The van der Waals surface area contributed by atoms with Crippen LogP contribution in [-0.4, -0.2) is 26.2 Å². The average molecular weight is 340 g/mol. The molecule has 1 amide bonds. The molecule has 0 radical (unpaired) electrons. The van der Waals surface area contributed by atoms with Gasteiger partial charge in [0.05, 0.1) is 0 Å². The summed E-state index contributed by atoms with van der Waals surface area (Å²) in [6.45, 7) is 5.63. The van der Waals surface area contributed by atoms with Gasteiger partial charge in [-0.1, -0.05) is 43.0 Å². The Balaban J connectivity index is 1.82. The van der Waals surface area contributed by atoms with Crippen LogP contribution < -0.4 is 20.1 Å². The SMILES string of the molecule is C=CCOc1ccccc1CNCc1ccc(OCC(=O)NC)cc1. The number of amides is 1. The summed E-state index contributed by atoms with van der Waals surface area (Å²) < 4.78 is 11.0. The van der Waals surface area contributed by atoms with Crippen molar-refractivity contribution in [1.82, 2.24) is 10.6 Å². The van der Waals surface area contributed by atoms with E-state index in [0.29, 0.717) is 18.9 Å². The highest BCUT2D eigenvalue weighted by atomic mass is 16.5. The topological polar surface area (TPSA) is 59.6 Å². The van der Waals surface area contributed by atoms with Gasteiger partial charge >= 0.3 is 0 Å². The molecule has 2 rings (SSSR count). The number of carbonyl (C=O) groups excluding carboxylic acids is 1. The Hall–Kier alpha value is -2.79. The molecule has 2 N–H and O–H groups in total. The molecule has 0 saturated heterocycles. The molecule has 5 nitrogen and oxygen atoms in total. The summed E-state index contributed by atoms with van der Waals surface area (Å²) in [5.74, 6) is 1.39. The fourth-order valence-corrected chi connectivity index (χ4v) is 2.21. The minimum Gasteiger partial charge on any atom is -0.489 e. The first kappa shape index (κ1) is 18.5. The Kier molecular flexibility index (Phi) is 7.53. The van der Waals surface area contributed by atoms with Crippen LogP contribution in [0.15, 0.2) is 61.2 Å². The van der Waals surface area contributed by atoms with Crippen LogP contribution in [-0.2, 0) is 17.9 Å². The molecule has 0 aliphatic rings. The van der Waals surface area contributed by atoms with Crippen molar-refractivity contribution in [2.75, 3.05) is 20.3 Å². The van der Waals surface area contributed by atoms with Crippen molar-refractivity contribution in [2.24, 2.45) is 0 Å². The summed E-state index contributed by atoms with van der Waals surface area (Å²) >= 11 is 0. The number of carbonyl (C=O) groups is 1. The first-order chi connectivity index (χ1) is 12.2. The molecule has 2 aromatic rings. The van der Waals surface area contributed by atoms with E-state index < -0.39 is 0 Å². The Morgan fingerprint density at radius 1 is 1.08 bits per heavy atom. The van der Waals surface area contributed by atoms with Crippen molar-refractivity contribution in [2.45, 2.75) is 13.1 Å². The lowest BCUT2D eigenvalue weighted by molar-refractivity contribution is -0.122. The highest BCUT2D eigenvalue weighted by Crippen LogP contribution is 2.18. The Morgan fingerprint density at radius 3 is 2.56 bits per heavy atom. The molecule has 25 heavy (non-hydrogen) atoms. The maximum Gasteiger partial charge on any atom is 0.257 e. The Morgan fingerprint density at radius 2 is 1.84 bits per heavy atom. The first-order valence-corrected chi connectivity index (χ1v) is 8.17. The van der Waals surface area contributed by atoms with E-state index in [9.17, 15) is 4.79 Å². The van der Waals surface area contributed by atoms with Crippen molar-refractivity contribution in [1.29, 1.82) is 0 Å². The Bertz CT molecular complexity index is 684. The second-order valence-electron chi connectivity index (χ2n) is 5.42. The third kappa shape index (κ3) is 6.31. The average Bonchev–Trinajstić information content (AvgIpc) is 2.66. The van der Waals surface area contributed by atoms with Crippen molar-refractivity contribution in [3.8, 4) is 11.5 Å². The molecule has 0 heterocycles. The van der Waals surface area contributed by atoms with Crippen LogP contribution in [0.25, 0.3) is 0 Å². The summed E-state index contributed by atoms with van der Waals surface area (Å²) in [7, 11) is 1.58. The third-order valence-corrected chi connectivity index (χ3v) is 3.55. The number of ether oxygens (including phenoxy) is 2. The zero-order chi connectivity index (χ0) is 17.9. The molecule has 0 aromatic heterocycles. The third-order valence-electron chi connectivity index (χ3n) is 3.55. The van der Waals surface area contributed by atoms with Crippen molar-refractivity contribution < 1.29 is 14.3 Å². The van der Waals surface area contributed by atoms with E-state index in [1.165, 1.54) is 0 Å². The number of hydrogen-bond acceptors (Lipinski definition) is 4. The summed E-state index contributed by atoms with van der Waals surface area (Å²) in [6, 6.07) is 15.6. The number of rotatable bonds is 10. The largest absolute Gasteiger partial charge is 0.489 e. The lowest BCUT2D eigenvalue weighted by Gasteiger charge is -2.11. The zero-order valence-electron chi connectivity index (χ0n) is 14.5. The van der Waals surface area contributed by atoms with Gasteiger partial charge in [0.1, 0.15) is 18.1 Å². The number of nitrogens with one attached hydrogen (secondary N) is 2. The highest BCUT2D eigenvalue weighted by molar-refractivity contribution is 5.77. The van der Waals surface area contributed by atoms with Crippen LogP contribution in [0.1, 0.15) is 11.1 Å². The number of benzene rings is 2. The van der Waals surface area contributed by atoms with Crippen LogP contribution in [0.4, 0.5) is 0 Å². The lowest BCUT2D eigenvalue weighted by atomic mass is 10.2. The van der Waals surface area contributed by atoms with E-state index in [0.717, 1.165) is 23.4 Å². The maximum absolute atomic E-state index is 11.2. The first-order valence-electron chi connectivity index (χ1n) is 8.17. The lowest BCUT2D eigenvalue weighted by Crippen LogP contribution is -2.24. The summed E-state index contributed by atoms with van der Waals surface area (Å²) in [5.41, 5.74) is 2.24. The van der Waals surface area contributed by atoms with Crippen LogP contribution in [0, 0.1) is 0 Å². The molecule has 0 saturated carbocycles. The quantitative estimate of drug-likeness (QED) is 0.653. The van der Waals surface area contributed by atoms with Gasteiger partial charge in [-0.05, 0) is 23.8 Å². The van der Waals surface area contributed by atoms with Crippen molar-refractivity contribution in [3.05, 3.63) is 72.3 Å². The minimum atomic E-state index is -0.150. The normalized spacial score (nSPS) is 10.1. The summed E-state index contributed by atoms with van der Waals surface area (Å²) in [6.07, 6.45) is 1.73. The number of para-hydroxylation sites is 1. The molecular formula is C20H24N2O3. The van der Waals surface area contributed by atoms with E-state index in [-0.39, 0.29) is 12.5 Å². The smallest absolute Gasteiger partial charge is 0.257 e. The zero-order valence-corrected chi connectivity index (χ0v) is 14.5. The van der Waals surface area contributed by atoms with E-state index >= 15 is 0 Å². The molecule has 0 unspecified atom stereocenters. The predicted molar refractivity (Wildman–Crippen MR) is 98.7 cm³/mol. The molecule has 0 atom stereocenters. The monoisotopic (exact) mass is 340 g/mol.